The largest absolute Gasteiger partial charge is 0.406 e. The number of ether oxygens (including phenoxy) is 1. The standard InChI is InChI=1S/C25H24F5N7O3/c1-4-19(38)36-9-13(7-14(36)10-40-3)37-24(32-2)20(23(31)39)17(34-37)6-5-15-16(26)8-18-22(21(15)27)33-12-35(18)11-25(28,29)30/h4,8,12-14,32H,1,7,9-11H2,2-3H3,(H2,31,39)/t13-,14+/m0/s1. The molecule has 1 aromatic carbocycles. The fourth-order valence-electron chi connectivity index (χ4n) is 4.75. The predicted octanol–water partition coefficient (Wildman–Crippen LogP) is 2.59. The van der Waals surface area contributed by atoms with Gasteiger partial charge in [0.15, 0.2) is 11.5 Å². The molecule has 0 saturated carbocycles. The Morgan fingerprint density at radius 3 is 2.65 bits per heavy atom. The lowest BCUT2D eigenvalue weighted by Crippen LogP contribution is -2.37. The van der Waals surface area contributed by atoms with E-state index in [4.69, 9.17) is 10.5 Å². The van der Waals surface area contributed by atoms with Gasteiger partial charge in [-0.05, 0) is 18.4 Å². The van der Waals surface area contributed by atoms with Gasteiger partial charge in [0.25, 0.3) is 5.91 Å². The first-order valence-corrected chi connectivity index (χ1v) is 11.8. The van der Waals surface area contributed by atoms with Crippen LogP contribution in [0.3, 0.4) is 0 Å². The predicted molar refractivity (Wildman–Crippen MR) is 133 cm³/mol. The lowest BCUT2D eigenvalue weighted by molar-refractivity contribution is -0.140. The lowest BCUT2D eigenvalue weighted by atomic mass is 10.1. The van der Waals surface area contributed by atoms with E-state index >= 15 is 4.39 Å². The zero-order valence-corrected chi connectivity index (χ0v) is 21.4. The maximum Gasteiger partial charge on any atom is 0.406 e. The van der Waals surface area contributed by atoms with Gasteiger partial charge < -0.3 is 25.3 Å². The number of alkyl halides is 3. The van der Waals surface area contributed by atoms with Crippen molar-refractivity contribution in [1.82, 2.24) is 24.2 Å². The Balaban J connectivity index is 1.77. The lowest BCUT2D eigenvalue weighted by Gasteiger charge is -2.22. The minimum atomic E-state index is -4.63. The van der Waals surface area contributed by atoms with Gasteiger partial charge in [0, 0.05) is 26.8 Å². The van der Waals surface area contributed by atoms with Crippen LogP contribution in [-0.2, 0) is 16.1 Å². The van der Waals surface area contributed by atoms with Crippen LogP contribution in [0, 0.1) is 23.5 Å². The van der Waals surface area contributed by atoms with Crippen LogP contribution in [0.25, 0.3) is 11.0 Å². The summed E-state index contributed by atoms with van der Waals surface area (Å²) in [6.07, 6.45) is -2.31. The van der Waals surface area contributed by atoms with Gasteiger partial charge in [-0.15, -0.1) is 0 Å². The molecule has 2 aromatic heterocycles. The van der Waals surface area contributed by atoms with Gasteiger partial charge in [-0.2, -0.15) is 18.3 Å². The zero-order chi connectivity index (χ0) is 29.4. The average Bonchev–Trinajstić information content (AvgIpc) is 3.58. The fraction of sp³-hybridized carbons (Fsp3) is 0.360. The van der Waals surface area contributed by atoms with E-state index in [2.05, 4.69) is 33.8 Å². The molecule has 4 rings (SSSR count). The Morgan fingerprint density at radius 1 is 1.32 bits per heavy atom. The molecule has 3 heterocycles. The maximum absolute atomic E-state index is 15.1. The number of halogens is 5. The topological polar surface area (TPSA) is 120 Å². The molecule has 1 saturated heterocycles. The van der Waals surface area contributed by atoms with Crippen molar-refractivity contribution in [2.75, 3.05) is 32.6 Å². The van der Waals surface area contributed by atoms with Crippen molar-refractivity contribution in [3.8, 4) is 11.8 Å². The number of anilines is 1. The summed E-state index contributed by atoms with van der Waals surface area (Å²) in [7, 11) is 3.00. The molecule has 3 N–H and O–H groups in total. The molecular formula is C25H24F5N7O3. The number of carbonyl (C=O) groups is 2. The Labute approximate surface area is 224 Å². The molecule has 0 spiro atoms. The second-order valence-electron chi connectivity index (χ2n) is 8.98. The number of fused-ring (bicyclic) bond motifs is 1. The molecular weight excluding hydrogens is 541 g/mol. The molecule has 2 amide bonds. The van der Waals surface area contributed by atoms with Crippen LogP contribution in [0.5, 0.6) is 0 Å². The quantitative estimate of drug-likeness (QED) is 0.258. The highest BCUT2D eigenvalue weighted by Gasteiger charge is 2.38. The van der Waals surface area contributed by atoms with Gasteiger partial charge >= 0.3 is 6.18 Å². The van der Waals surface area contributed by atoms with E-state index in [0.717, 1.165) is 6.33 Å². The molecule has 15 heteroatoms. The molecule has 1 fully saturated rings. The van der Waals surface area contributed by atoms with Gasteiger partial charge in [-0.3, -0.25) is 9.59 Å². The van der Waals surface area contributed by atoms with Crippen LogP contribution in [0.1, 0.15) is 34.1 Å². The number of primary amides is 1. The van der Waals surface area contributed by atoms with Crippen LogP contribution in [0.4, 0.5) is 27.8 Å². The summed E-state index contributed by atoms with van der Waals surface area (Å²) in [5.41, 5.74) is 3.55. The number of imidazole rings is 1. The molecule has 10 nitrogen and oxygen atoms in total. The summed E-state index contributed by atoms with van der Waals surface area (Å²) in [5.74, 6) is 1.18. The number of methoxy groups -OCH3 is 1. The van der Waals surface area contributed by atoms with Crippen LogP contribution >= 0.6 is 0 Å². The summed E-state index contributed by atoms with van der Waals surface area (Å²) in [4.78, 5) is 29.9. The van der Waals surface area contributed by atoms with Crippen molar-refractivity contribution in [3.05, 3.63) is 53.5 Å². The molecule has 1 aliphatic heterocycles. The molecule has 3 aromatic rings. The Hall–Kier alpha value is -4.45. The number of nitrogens with one attached hydrogen (secondary N) is 1. The molecule has 1 aliphatic rings. The second-order valence-corrected chi connectivity index (χ2v) is 8.98. The fourth-order valence-corrected chi connectivity index (χ4v) is 4.75. The van der Waals surface area contributed by atoms with E-state index in [1.807, 2.05) is 0 Å². The van der Waals surface area contributed by atoms with Crippen LogP contribution in [0.15, 0.2) is 25.0 Å². The number of hydrogen-bond donors (Lipinski definition) is 2. The number of nitrogens with two attached hydrogens (primary N) is 1. The molecule has 0 radical (unpaired) electrons. The van der Waals surface area contributed by atoms with Gasteiger partial charge in [0.05, 0.1) is 36.1 Å². The third-order valence-electron chi connectivity index (χ3n) is 6.41. The van der Waals surface area contributed by atoms with Crippen molar-refractivity contribution in [2.45, 2.75) is 31.2 Å². The van der Waals surface area contributed by atoms with E-state index in [-0.39, 0.29) is 42.2 Å². The van der Waals surface area contributed by atoms with Crippen LogP contribution in [0.2, 0.25) is 0 Å². The van der Waals surface area contributed by atoms with E-state index in [9.17, 15) is 27.2 Å². The van der Waals surface area contributed by atoms with E-state index in [1.165, 1.54) is 24.9 Å². The third kappa shape index (κ3) is 5.34. The first-order valence-electron chi connectivity index (χ1n) is 11.8. The molecule has 0 bridgehead atoms. The highest BCUT2D eigenvalue weighted by Crippen LogP contribution is 2.33. The van der Waals surface area contributed by atoms with Gasteiger partial charge in [0.1, 0.15) is 29.3 Å². The smallest absolute Gasteiger partial charge is 0.383 e. The second kappa shape index (κ2) is 11.0. The number of likely N-dealkylation sites (tertiary alicyclic amines) is 1. The van der Waals surface area contributed by atoms with Crippen molar-refractivity contribution in [1.29, 1.82) is 0 Å². The number of benzene rings is 1. The van der Waals surface area contributed by atoms with Crippen molar-refractivity contribution in [2.24, 2.45) is 5.73 Å². The molecule has 212 valence electrons. The van der Waals surface area contributed by atoms with Crippen LogP contribution < -0.4 is 11.1 Å². The minimum absolute atomic E-state index is 0.150. The zero-order valence-electron chi connectivity index (χ0n) is 21.4. The average molecular weight is 566 g/mol. The highest BCUT2D eigenvalue weighted by molar-refractivity contribution is 6.00. The van der Waals surface area contributed by atoms with Crippen molar-refractivity contribution < 1.29 is 36.3 Å². The monoisotopic (exact) mass is 565 g/mol. The summed E-state index contributed by atoms with van der Waals surface area (Å²) in [5, 5.41) is 7.20. The molecule has 0 aliphatic carbocycles. The Bertz CT molecular complexity index is 1550. The van der Waals surface area contributed by atoms with E-state index in [0.29, 0.717) is 17.1 Å². The minimum Gasteiger partial charge on any atom is -0.383 e. The Kier molecular flexibility index (Phi) is 7.83. The first-order chi connectivity index (χ1) is 18.9. The van der Waals surface area contributed by atoms with Gasteiger partial charge in [-0.1, -0.05) is 12.5 Å². The highest BCUT2D eigenvalue weighted by atomic mass is 19.4. The summed E-state index contributed by atoms with van der Waals surface area (Å²) >= 11 is 0. The number of rotatable bonds is 7. The molecule has 40 heavy (non-hydrogen) atoms. The molecule has 0 unspecified atom stereocenters. The Morgan fingerprint density at radius 2 is 2.05 bits per heavy atom. The third-order valence-corrected chi connectivity index (χ3v) is 6.41. The van der Waals surface area contributed by atoms with Gasteiger partial charge in [-0.25, -0.2) is 18.4 Å². The first kappa shape index (κ1) is 28.6. The molecule has 2 atom stereocenters. The van der Waals surface area contributed by atoms with Crippen LogP contribution in [-0.4, -0.2) is 75.6 Å². The normalized spacial score (nSPS) is 17.1. The number of aromatic nitrogens is 4. The van der Waals surface area contributed by atoms with E-state index in [1.54, 1.807) is 4.90 Å². The number of nitrogens with zero attached hydrogens (tertiary/aromatic N) is 5. The SMILES string of the molecule is C=CC(=O)N1C[C@@H](n2nc(C#Cc3c(F)cc4c(ncn4CC(F)(F)F)c3F)c(C(N)=O)c2NC)C[C@@H]1COC. The maximum atomic E-state index is 15.1. The van der Waals surface area contributed by atoms with Crippen molar-refractivity contribution >= 4 is 28.7 Å². The summed E-state index contributed by atoms with van der Waals surface area (Å²) in [6.45, 7) is 2.46. The van der Waals surface area contributed by atoms with Gasteiger partial charge in [0.2, 0.25) is 5.91 Å². The van der Waals surface area contributed by atoms with Crippen molar-refractivity contribution in [3.63, 3.8) is 0 Å². The summed E-state index contributed by atoms with van der Waals surface area (Å²) in [6, 6.07) is -0.0522. The summed E-state index contributed by atoms with van der Waals surface area (Å²) < 4.78 is 75.6. The number of amides is 2. The number of carbonyl (C=O) groups excluding carboxylic acids is 2. The van der Waals surface area contributed by atoms with E-state index < -0.39 is 52.9 Å². The number of hydrogen-bond acceptors (Lipinski definition) is 6.